The van der Waals surface area contributed by atoms with Crippen LogP contribution in [0.2, 0.25) is 0 Å². The van der Waals surface area contributed by atoms with E-state index >= 15 is 0 Å². The van der Waals surface area contributed by atoms with Crippen LogP contribution in [-0.2, 0) is 4.79 Å². The van der Waals surface area contributed by atoms with Crippen molar-refractivity contribution in [3.8, 4) is 0 Å². The third kappa shape index (κ3) is 1.60. The van der Waals surface area contributed by atoms with E-state index in [1.54, 1.807) is 0 Å². The van der Waals surface area contributed by atoms with Gasteiger partial charge in [-0.15, -0.1) is 0 Å². The summed E-state index contributed by atoms with van der Waals surface area (Å²) in [6.45, 7) is 8.34. The van der Waals surface area contributed by atoms with E-state index in [0.29, 0.717) is 11.7 Å². The molecule has 0 aromatic heterocycles. The standard InChI is InChI=1S/C11H18O/c1-5-9-6-8(2)7-11(3,4)10(9)12/h6,8H,5,7H2,1-4H3. The summed E-state index contributed by atoms with van der Waals surface area (Å²) < 4.78 is 0. The Labute approximate surface area is 74.9 Å². The van der Waals surface area contributed by atoms with Crippen molar-refractivity contribution in [3.05, 3.63) is 11.6 Å². The van der Waals surface area contributed by atoms with E-state index in [4.69, 9.17) is 0 Å². The van der Waals surface area contributed by atoms with E-state index in [-0.39, 0.29) is 5.41 Å². The van der Waals surface area contributed by atoms with Gasteiger partial charge in [0.05, 0.1) is 0 Å². The average Bonchev–Trinajstić information content (AvgIpc) is 1.96. The van der Waals surface area contributed by atoms with Crippen LogP contribution in [0, 0.1) is 11.3 Å². The first-order valence-electron chi connectivity index (χ1n) is 4.73. The molecule has 1 atom stereocenters. The van der Waals surface area contributed by atoms with Gasteiger partial charge in [-0.25, -0.2) is 0 Å². The number of ketones is 1. The van der Waals surface area contributed by atoms with Gasteiger partial charge < -0.3 is 0 Å². The second-order valence-corrected chi connectivity index (χ2v) is 4.44. The maximum atomic E-state index is 11.8. The average molecular weight is 166 g/mol. The fourth-order valence-corrected chi connectivity index (χ4v) is 2.09. The molecular weight excluding hydrogens is 148 g/mol. The molecular formula is C11H18O. The first-order valence-corrected chi connectivity index (χ1v) is 4.73. The monoisotopic (exact) mass is 166 g/mol. The topological polar surface area (TPSA) is 17.1 Å². The molecule has 0 aliphatic heterocycles. The number of carbonyl (C=O) groups is 1. The zero-order valence-electron chi connectivity index (χ0n) is 8.48. The van der Waals surface area contributed by atoms with E-state index in [1.807, 2.05) is 0 Å². The van der Waals surface area contributed by atoms with Crippen LogP contribution in [0.3, 0.4) is 0 Å². The molecule has 1 unspecified atom stereocenters. The maximum Gasteiger partial charge on any atom is 0.164 e. The van der Waals surface area contributed by atoms with Crippen LogP contribution in [0.5, 0.6) is 0 Å². The largest absolute Gasteiger partial charge is 0.294 e. The van der Waals surface area contributed by atoms with Crippen molar-refractivity contribution in [1.29, 1.82) is 0 Å². The maximum absolute atomic E-state index is 11.8. The molecule has 1 aliphatic rings. The molecule has 1 nitrogen and oxygen atoms in total. The Bertz CT molecular complexity index is 223. The third-order valence-corrected chi connectivity index (χ3v) is 2.61. The van der Waals surface area contributed by atoms with Gasteiger partial charge in [-0.3, -0.25) is 4.79 Å². The first-order chi connectivity index (χ1) is 5.47. The molecule has 1 heteroatoms. The minimum absolute atomic E-state index is 0.125. The summed E-state index contributed by atoms with van der Waals surface area (Å²) in [5.41, 5.74) is 0.901. The number of hydrogen-bond donors (Lipinski definition) is 0. The molecule has 0 amide bonds. The van der Waals surface area contributed by atoms with Crippen LogP contribution in [0.25, 0.3) is 0 Å². The smallest absolute Gasteiger partial charge is 0.164 e. The van der Waals surface area contributed by atoms with Crippen LogP contribution >= 0.6 is 0 Å². The predicted molar refractivity (Wildman–Crippen MR) is 50.9 cm³/mol. The third-order valence-electron chi connectivity index (χ3n) is 2.61. The fraction of sp³-hybridized carbons (Fsp3) is 0.727. The molecule has 0 spiro atoms. The van der Waals surface area contributed by atoms with E-state index < -0.39 is 0 Å². The van der Waals surface area contributed by atoms with E-state index in [2.05, 4.69) is 33.8 Å². The molecule has 0 aromatic carbocycles. The molecule has 0 saturated heterocycles. The van der Waals surface area contributed by atoms with Crippen LogP contribution in [-0.4, -0.2) is 5.78 Å². The molecule has 0 saturated carbocycles. The highest BCUT2D eigenvalue weighted by molar-refractivity contribution is 6.00. The van der Waals surface area contributed by atoms with Gasteiger partial charge >= 0.3 is 0 Å². The summed E-state index contributed by atoms with van der Waals surface area (Å²) in [6.07, 6.45) is 4.01. The predicted octanol–water partition coefficient (Wildman–Crippen LogP) is 2.96. The number of carbonyl (C=O) groups excluding carboxylic acids is 1. The summed E-state index contributed by atoms with van der Waals surface area (Å²) in [7, 11) is 0. The second-order valence-electron chi connectivity index (χ2n) is 4.44. The van der Waals surface area contributed by atoms with Gasteiger partial charge in [-0.1, -0.05) is 33.8 Å². The number of Topliss-reactive ketones (excluding diaryl/α,β-unsaturated/α-hetero) is 1. The lowest BCUT2D eigenvalue weighted by atomic mass is 9.72. The Hall–Kier alpha value is -0.590. The Morgan fingerprint density at radius 2 is 2.17 bits per heavy atom. The van der Waals surface area contributed by atoms with Crippen molar-refractivity contribution < 1.29 is 4.79 Å². The molecule has 0 fully saturated rings. The highest BCUT2D eigenvalue weighted by atomic mass is 16.1. The lowest BCUT2D eigenvalue weighted by Crippen LogP contribution is -2.31. The normalized spacial score (nSPS) is 28.5. The van der Waals surface area contributed by atoms with Gasteiger partial charge in [0.15, 0.2) is 5.78 Å². The molecule has 68 valence electrons. The molecule has 0 radical (unpaired) electrons. The molecule has 0 aromatic rings. The summed E-state index contributed by atoms with van der Waals surface area (Å²) in [6, 6.07) is 0. The van der Waals surface area contributed by atoms with Crippen LogP contribution in [0.15, 0.2) is 11.6 Å². The first kappa shape index (κ1) is 9.50. The van der Waals surface area contributed by atoms with Crippen molar-refractivity contribution >= 4 is 5.78 Å². The quantitative estimate of drug-likeness (QED) is 0.585. The van der Waals surface area contributed by atoms with E-state index in [0.717, 1.165) is 18.4 Å². The highest BCUT2D eigenvalue weighted by Gasteiger charge is 2.34. The van der Waals surface area contributed by atoms with Gasteiger partial charge in [0, 0.05) is 5.41 Å². The highest BCUT2D eigenvalue weighted by Crippen LogP contribution is 2.35. The zero-order valence-corrected chi connectivity index (χ0v) is 8.48. The van der Waals surface area contributed by atoms with Crippen LogP contribution < -0.4 is 0 Å². The van der Waals surface area contributed by atoms with Gasteiger partial charge in [0.1, 0.15) is 0 Å². The van der Waals surface area contributed by atoms with Crippen molar-refractivity contribution in [2.75, 3.05) is 0 Å². The fourth-order valence-electron chi connectivity index (χ4n) is 2.09. The zero-order chi connectivity index (χ0) is 9.35. The van der Waals surface area contributed by atoms with Gasteiger partial charge in [0.2, 0.25) is 0 Å². The van der Waals surface area contributed by atoms with Crippen molar-refractivity contribution in [2.45, 2.75) is 40.5 Å². The Kier molecular flexibility index (Phi) is 2.41. The van der Waals surface area contributed by atoms with Gasteiger partial charge in [-0.05, 0) is 24.3 Å². The molecule has 12 heavy (non-hydrogen) atoms. The number of rotatable bonds is 1. The lowest BCUT2D eigenvalue weighted by Gasteiger charge is -2.31. The minimum atomic E-state index is -0.125. The summed E-state index contributed by atoms with van der Waals surface area (Å²) >= 11 is 0. The van der Waals surface area contributed by atoms with Crippen molar-refractivity contribution in [3.63, 3.8) is 0 Å². The summed E-state index contributed by atoms with van der Waals surface area (Å²) in [5, 5.41) is 0. The molecule has 0 N–H and O–H groups in total. The molecule has 0 bridgehead atoms. The van der Waals surface area contributed by atoms with Gasteiger partial charge in [0.25, 0.3) is 0 Å². The van der Waals surface area contributed by atoms with E-state index in [1.165, 1.54) is 0 Å². The minimum Gasteiger partial charge on any atom is -0.294 e. The lowest BCUT2D eigenvalue weighted by molar-refractivity contribution is -0.124. The SMILES string of the molecule is CCC1=CC(C)CC(C)(C)C1=O. The van der Waals surface area contributed by atoms with Crippen molar-refractivity contribution in [2.24, 2.45) is 11.3 Å². The molecule has 1 aliphatic carbocycles. The summed E-state index contributed by atoms with van der Waals surface area (Å²) in [4.78, 5) is 11.8. The Morgan fingerprint density at radius 1 is 1.58 bits per heavy atom. The van der Waals surface area contributed by atoms with Gasteiger partial charge in [-0.2, -0.15) is 0 Å². The van der Waals surface area contributed by atoms with Crippen molar-refractivity contribution in [1.82, 2.24) is 0 Å². The van der Waals surface area contributed by atoms with Crippen LogP contribution in [0.1, 0.15) is 40.5 Å². The van der Waals surface area contributed by atoms with E-state index in [9.17, 15) is 4.79 Å². The van der Waals surface area contributed by atoms with Crippen LogP contribution in [0.4, 0.5) is 0 Å². The Balaban J connectivity index is 2.96. The number of allylic oxidation sites excluding steroid dienone is 2. The number of hydrogen-bond acceptors (Lipinski definition) is 1. The second kappa shape index (κ2) is 3.04. The Morgan fingerprint density at radius 3 is 2.67 bits per heavy atom. The molecule has 0 heterocycles. The summed E-state index contributed by atoms with van der Waals surface area (Å²) in [5.74, 6) is 0.913. The molecule has 1 rings (SSSR count).